The first kappa shape index (κ1) is 19.5. The average Bonchev–Trinajstić information content (AvgIpc) is 3.28. The van der Waals surface area contributed by atoms with Crippen LogP contribution in [0.25, 0.3) is 11.4 Å². The summed E-state index contributed by atoms with van der Waals surface area (Å²) >= 11 is 0. The van der Waals surface area contributed by atoms with Crippen LogP contribution in [0.15, 0.2) is 30.3 Å². The van der Waals surface area contributed by atoms with Crippen molar-refractivity contribution in [2.24, 2.45) is 11.8 Å². The zero-order valence-corrected chi connectivity index (χ0v) is 18.0. The Morgan fingerprint density at radius 1 is 0.933 bits per heavy atom. The highest BCUT2D eigenvalue weighted by Gasteiger charge is 2.32. The summed E-state index contributed by atoms with van der Waals surface area (Å²) in [5.41, 5.74) is 3.64. The van der Waals surface area contributed by atoms with E-state index in [9.17, 15) is 4.79 Å². The molecule has 5 nitrogen and oxygen atoms in total. The van der Waals surface area contributed by atoms with E-state index in [0.717, 1.165) is 94.2 Å². The van der Waals surface area contributed by atoms with E-state index in [2.05, 4.69) is 28.9 Å². The molecule has 3 aliphatic rings. The molecule has 0 N–H and O–H groups in total. The number of benzene rings is 1. The number of carbonyl (C=O) groups is 1. The van der Waals surface area contributed by atoms with E-state index in [1.165, 1.54) is 11.3 Å². The van der Waals surface area contributed by atoms with Gasteiger partial charge in [-0.25, -0.2) is 9.97 Å². The number of piperidine rings is 2. The van der Waals surface area contributed by atoms with Crippen LogP contribution >= 0.6 is 0 Å². The fourth-order valence-corrected chi connectivity index (χ4v) is 5.22. The van der Waals surface area contributed by atoms with E-state index in [1.54, 1.807) is 0 Å². The van der Waals surface area contributed by atoms with Crippen LogP contribution in [0.3, 0.4) is 0 Å². The lowest BCUT2D eigenvalue weighted by Gasteiger charge is -2.37. The fourth-order valence-electron chi connectivity index (χ4n) is 5.22. The Hall–Kier alpha value is -2.43. The van der Waals surface area contributed by atoms with Crippen molar-refractivity contribution in [3.05, 3.63) is 41.6 Å². The van der Waals surface area contributed by atoms with E-state index in [0.29, 0.717) is 5.91 Å². The number of nitrogens with zero attached hydrogens (tertiary/aromatic N) is 4. The predicted octanol–water partition coefficient (Wildman–Crippen LogP) is 4.11. The van der Waals surface area contributed by atoms with E-state index in [-0.39, 0.29) is 5.92 Å². The molecule has 1 aromatic carbocycles. The van der Waals surface area contributed by atoms with Crippen molar-refractivity contribution in [1.82, 2.24) is 14.9 Å². The van der Waals surface area contributed by atoms with Crippen molar-refractivity contribution in [2.75, 3.05) is 31.1 Å². The number of amides is 1. The van der Waals surface area contributed by atoms with Gasteiger partial charge in [-0.1, -0.05) is 37.3 Å². The standard InChI is InChI=1S/C25H32N4O/c1-18-10-14-29(15-11-18)25(30)20-12-16-28(17-13-20)24-21-8-5-9-22(21)26-23(27-24)19-6-3-2-4-7-19/h2-4,6-7,18,20H,5,8-17H2,1H3. The SMILES string of the molecule is CC1CCN(C(=O)C2CCN(c3nc(-c4ccccc4)nc4c3CCC4)CC2)CC1. The molecule has 30 heavy (non-hydrogen) atoms. The Bertz CT molecular complexity index is 897. The molecule has 5 rings (SSSR count). The van der Waals surface area contributed by atoms with Crippen LogP contribution in [0.4, 0.5) is 5.82 Å². The summed E-state index contributed by atoms with van der Waals surface area (Å²) in [5, 5.41) is 0. The first-order valence-electron chi connectivity index (χ1n) is 11.7. The van der Waals surface area contributed by atoms with Gasteiger partial charge in [0.25, 0.3) is 0 Å². The summed E-state index contributed by atoms with van der Waals surface area (Å²) in [6, 6.07) is 10.3. The number of rotatable bonds is 3. The van der Waals surface area contributed by atoms with E-state index in [4.69, 9.17) is 9.97 Å². The van der Waals surface area contributed by atoms with Gasteiger partial charge in [-0.2, -0.15) is 0 Å². The van der Waals surface area contributed by atoms with Gasteiger partial charge in [0, 0.05) is 48.9 Å². The van der Waals surface area contributed by atoms with Crippen molar-refractivity contribution in [3.8, 4) is 11.4 Å². The van der Waals surface area contributed by atoms with Crippen LogP contribution in [0, 0.1) is 11.8 Å². The van der Waals surface area contributed by atoms with Crippen LogP contribution in [0.1, 0.15) is 50.3 Å². The molecule has 1 aliphatic carbocycles. The first-order valence-corrected chi connectivity index (χ1v) is 11.7. The molecule has 0 spiro atoms. The average molecular weight is 405 g/mol. The molecule has 0 bridgehead atoms. The molecule has 2 aliphatic heterocycles. The highest BCUT2D eigenvalue weighted by atomic mass is 16.2. The quantitative estimate of drug-likeness (QED) is 0.773. The third-order valence-electron chi connectivity index (χ3n) is 7.18. The Morgan fingerprint density at radius 2 is 1.67 bits per heavy atom. The number of hydrogen-bond acceptors (Lipinski definition) is 4. The Labute approximate surface area is 179 Å². The summed E-state index contributed by atoms with van der Waals surface area (Å²) in [4.78, 5) is 27.5. The molecule has 1 aromatic heterocycles. The van der Waals surface area contributed by atoms with Gasteiger partial charge in [0.15, 0.2) is 5.82 Å². The van der Waals surface area contributed by atoms with Crippen molar-refractivity contribution in [2.45, 2.75) is 51.9 Å². The predicted molar refractivity (Wildman–Crippen MR) is 119 cm³/mol. The summed E-state index contributed by atoms with van der Waals surface area (Å²) < 4.78 is 0. The van der Waals surface area contributed by atoms with Crippen LogP contribution in [-0.2, 0) is 17.6 Å². The number of aryl methyl sites for hydroxylation is 1. The monoisotopic (exact) mass is 404 g/mol. The highest BCUT2D eigenvalue weighted by molar-refractivity contribution is 5.79. The molecule has 0 atom stereocenters. The van der Waals surface area contributed by atoms with Crippen LogP contribution in [-0.4, -0.2) is 47.0 Å². The molecule has 3 heterocycles. The number of likely N-dealkylation sites (tertiary alicyclic amines) is 1. The normalized spacial score (nSPS) is 20.4. The highest BCUT2D eigenvalue weighted by Crippen LogP contribution is 2.34. The zero-order valence-electron chi connectivity index (χ0n) is 18.0. The second-order valence-electron chi connectivity index (χ2n) is 9.28. The molecule has 2 saturated heterocycles. The van der Waals surface area contributed by atoms with Crippen molar-refractivity contribution >= 4 is 11.7 Å². The molecule has 0 saturated carbocycles. The van der Waals surface area contributed by atoms with Gasteiger partial charge in [0.05, 0.1) is 0 Å². The third kappa shape index (κ3) is 3.82. The Morgan fingerprint density at radius 3 is 2.40 bits per heavy atom. The summed E-state index contributed by atoms with van der Waals surface area (Å²) in [6.07, 6.45) is 7.46. The van der Waals surface area contributed by atoms with Gasteiger partial charge in [-0.3, -0.25) is 4.79 Å². The minimum absolute atomic E-state index is 0.179. The topological polar surface area (TPSA) is 49.3 Å². The molecule has 2 fully saturated rings. The zero-order chi connectivity index (χ0) is 20.5. The summed E-state index contributed by atoms with van der Waals surface area (Å²) in [5.74, 6) is 3.29. The van der Waals surface area contributed by atoms with Crippen LogP contribution in [0.2, 0.25) is 0 Å². The lowest BCUT2D eigenvalue weighted by atomic mass is 9.92. The van der Waals surface area contributed by atoms with E-state index in [1.807, 2.05) is 18.2 Å². The molecule has 0 radical (unpaired) electrons. The van der Waals surface area contributed by atoms with Gasteiger partial charge < -0.3 is 9.80 Å². The minimum atomic E-state index is 0.179. The van der Waals surface area contributed by atoms with Gasteiger partial charge in [0.2, 0.25) is 5.91 Å². The van der Waals surface area contributed by atoms with Crippen LogP contribution < -0.4 is 4.90 Å². The second kappa shape index (κ2) is 8.37. The smallest absolute Gasteiger partial charge is 0.225 e. The van der Waals surface area contributed by atoms with Crippen LogP contribution in [0.5, 0.6) is 0 Å². The maximum atomic E-state index is 13.0. The molecule has 5 heteroatoms. The minimum Gasteiger partial charge on any atom is -0.356 e. The molecule has 2 aromatic rings. The molecule has 158 valence electrons. The maximum absolute atomic E-state index is 13.0. The molecule has 1 amide bonds. The summed E-state index contributed by atoms with van der Waals surface area (Å²) in [6.45, 7) is 6.01. The van der Waals surface area contributed by atoms with Gasteiger partial charge in [0.1, 0.15) is 5.82 Å². The van der Waals surface area contributed by atoms with Crippen molar-refractivity contribution in [3.63, 3.8) is 0 Å². The number of fused-ring (bicyclic) bond motifs is 1. The second-order valence-corrected chi connectivity index (χ2v) is 9.28. The number of hydrogen-bond donors (Lipinski definition) is 0. The molecular formula is C25H32N4O. The first-order chi connectivity index (χ1) is 14.7. The summed E-state index contributed by atoms with van der Waals surface area (Å²) in [7, 11) is 0. The largest absolute Gasteiger partial charge is 0.356 e. The number of anilines is 1. The number of carbonyl (C=O) groups excluding carboxylic acids is 1. The fraction of sp³-hybridized carbons (Fsp3) is 0.560. The third-order valence-corrected chi connectivity index (χ3v) is 7.18. The van der Waals surface area contributed by atoms with Gasteiger partial charge in [-0.05, 0) is 50.9 Å². The number of aromatic nitrogens is 2. The van der Waals surface area contributed by atoms with Crippen molar-refractivity contribution < 1.29 is 4.79 Å². The Balaban J connectivity index is 1.31. The molecular weight excluding hydrogens is 372 g/mol. The molecule has 0 unspecified atom stereocenters. The lowest BCUT2D eigenvalue weighted by molar-refractivity contribution is -0.137. The van der Waals surface area contributed by atoms with Gasteiger partial charge >= 0.3 is 0 Å². The van der Waals surface area contributed by atoms with E-state index >= 15 is 0 Å². The Kier molecular flexibility index (Phi) is 5.45. The van der Waals surface area contributed by atoms with E-state index < -0.39 is 0 Å². The van der Waals surface area contributed by atoms with Crippen molar-refractivity contribution in [1.29, 1.82) is 0 Å². The maximum Gasteiger partial charge on any atom is 0.225 e. The van der Waals surface area contributed by atoms with Gasteiger partial charge in [-0.15, -0.1) is 0 Å². The lowest BCUT2D eigenvalue weighted by Crippen LogP contribution is -2.45.